The van der Waals surface area contributed by atoms with Gasteiger partial charge in [-0.1, -0.05) is 34.8 Å². The first kappa shape index (κ1) is 27.6. The van der Waals surface area contributed by atoms with E-state index >= 15 is 0 Å². The summed E-state index contributed by atoms with van der Waals surface area (Å²) in [5.74, 6) is -1.29. The number of aromatic nitrogens is 1. The number of hydrogen-bond donors (Lipinski definition) is 4. The van der Waals surface area contributed by atoms with E-state index in [9.17, 15) is 14.7 Å². The Bertz CT molecular complexity index is 1300. The topological polar surface area (TPSA) is 103 Å². The number of thiophene rings is 1. The average molecular weight is 584 g/mol. The lowest BCUT2D eigenvalue weighted by Gasteiger charge is -2.37. The van der Waals surface area contributed by atoms with Crippen LogP contribution >= 0.6 is 46.1 Å². The molecule has 1 aliphatic rings. The van der Waals surface area contributed by atoms with Crippen molar-refractivity contribution in [1.82, 2.24) is 10.3 Å². The number of piperidine rings is 1. The quantitative estimate of drug-likeness (QED) is 0.213. The molecule has 1 saturated heterocycles. The van der Waals surface area contributed by atoms with E-state index in [0.717, 1.165) is 36.0 Å². The number of amides is 2. The highest BCUT2D eigenvalue weighted by molar-refractivity contribution is 7.13. The molecule has 1 aromatic carbocycles. The number of nitrogens with zero attached hydrogens (tertiary/aromatic N) is 2. The van der Waals surface area contributed by atoms with E-state index in [2.05, 4.69) is 35.0 Å². The molecule has 37 heavy (non-hydrogen) atoms. The van der Waals surface area contributed by atoms with Gasteiger partial charge >= 0.3 is 0 Å². The van der Waals surface area contributed by atoms with Gasteiger partial charge in [0.05, 0.1) is 48.5 Å². The van der Waals surface area contributed by atoms with Crippen LogP contribution in [0.15, 0.2) is 35.8 Å². The second-order valence-corrected chi connectivity index (χ2v) is 11.7. The minimum Gasteiger partial charge on any atom is -0.506 e. The summed E-state index contributed by atoms with van der Waals surface area (Å²) in [6.45, 7) is 2.77. The minimum absolute atomic E-state index is 0.0386. The number of hydrogen-bond acceptors (Lipinski definition) is 6. The van der Waals surface area contributed by atoms with Gasteiger partial charge in [-0.2, -0.15) is 0 Å². The number of likely N-dealkylation sites (tertiary alicyclic amines) is 1. The van der Waals surface area contributed by atoms with Crippen LogP contribution in [0.5, 0.6) is 5.75 Å². The van der Waals surface area contributed by atoms with Gasteiger partial charge in [0, 0.05) is 42.7 Å². The summed E-state index contributed by atoms with van der Waals surface area (Å²) in [7, 11) is 4.47. The normalized spacial score (nSPS) is 15.4. The molecule has 2 aromatic heterocycles. The van der Waals surface area contributed by atoms with E-state index in [0.29, 0.717) is 22.6 Å². The van der Waals surface area contributed by atoms with E-state index in [1.165, 1.54) is 35.7 Å². The van der Waals surface area contributed by atoms with Crippen LogP contribution in [0, 0.1) is 0 Å². The molecular weight excluding hydrogens is 557 g/mol. The Balaban J connectivity index is 1.47. The third kappa shape index (κ3) is 6.93. The standard InChI is InChI=1S/C25H26Cl3N5O3S/c1-33(2)7-5-17(6-8-33)29-11-14-13-37-23(21(14)28)25(36)32-22-18(9-16(27)10-19(22)34)24(35)31-20-4-3-15(26)12-30-20/h3-4,9-10,12-13,17,29H,5-8,11H2,1-2H3,(H2-,30,31,32,34,35,36)/p+1. The number of carbonyl (C=O) groups is 2. The van der Waals surface area contributed by atoms with Crippen LogP contribution in [-0.4, -0.2) is 59.6 Å². The Labute approximate surface area is 234 Å². The summed E-state index contributed by atoms with van der Waals surface area (Å²) in [4.78, 5) is 30.4. The highest BCUT2D eigenvalue weighted by Gasteiger charge is 2.27. The third-order valence-electron chi connectivity index (χ3n) is 6.29. The van der Waals surface area contributed by atoms with Crippen LogP contribution in [0.2, 0.25) is 15.1 Å². The van der Waals surface area contributed by atoms with Gasteiger partial charge in [-0.25, -0.2) is 4.98 Å². The molecule has 4 N–H and O–H groups in total. The highest BCUT2D eigenvalue weighted by Crippen LogP contribution is 2.35. The number of benzene rings is 1. The molecule has 3 aromatic rings. The Morgan fingerprint density at radius 3 is 2.49 bits per heavy atom. The van der Waals surface area contributed by atoms with Gasteiger partial charge < -0.3 is 25.5 Å². The van der Waals surface area contributed by atoms with Crippen molar-refractivity contribution in [3.63, 3.8) is 0 Å². The summed E-state index contributed by atoms with van der Waals surface area (Å²) < 4.78 is 1.02. The molecule has 0 bridgehead atoms. The van der Waals surface area contributed by atoms with Crippen LogP contribution in [0.25, 0.3) is 0 Å². The molecule has 0 atom stereocenters. The van der Waals surface area contributed by atoms with Gasteiger partial charge in [0.15, 0.2) is 0 Å². The number of rotatable bonds is 7. The fourth-order valence-electron chi connectivity index (χ4n) is 4.08. The van der Waals surface area contributed by atoms with Crippen molar-refractivity contribution in [1.29, 1.82) is 0 Å². The zero-order valence-corrected chi connectivity index (χ0v) is 23.4. The van der Waals surface area contributed by atoms with E-state index in [1.54, 1.807) is 6.07 Å². The van der Waals surface area contributed by atoms with Gasteiger partial charge in [-0.15, -0.1) is 11.3 Å². The van der Waals surface area contributed by atoms with Crippen LogP contribution in [-0.2, 0) is 6.54 Å². The number of halogens is 3. The molecule has 1 aliphatic heterocycles. The Kier molecular flexibility index (Phi) is 8.63. The predicted molar refractivity (Wildman–Crippen MR) is 149 cm³/mol. The Morgan fingerprint density at radius 1 is 1.08 bits per heavy atom. The number of pyridine rings is 1. The van der Waals surface area contributed by atoms with Crippen LogP contribution in [0.1, 0.15) is 38.4 Å². The lowest BCUT2D eigenvalue weighted by Crippen LogP contribution is -2.50. The molecule has 0 aliphatic carbocycles. The van der Waals surface area contributed by atoms with Gasteiger partial charge in [0.1, 0.15) is 16.4 Å². The molecule has 12 heteroatoms. The van der Waals surface area contributed by atoms with E-state index in [4.69, 9.17) is 34.8 Å². The summed E-state index contributed by atoms with van der Waals surface area (Å²) >= 11 is 19.7. The zero-order valence-electron chi connectivity index (χ0n) is 20.3. The van der Waals surface area contributed by atoms with Crippen LogP contribution in [0.4, 0.5) is 11.5 Å². The van der Waals surface area contributed by atoms with Crippen molar-refractivity contribution >= 4 is 69.5 Å². The van der Waals surface area contributed by atoms with Crippen molar-refractivity contribution in [3.8, 4) is 5.75 Å². The van der Waals surface area contributed by atoms with Gasteiger partial charge in [-0.05, 0) is 29.1 Å². The largest absolute Gasteiger partial charge is 0.506 e. The maximum Gasteiger partial charge on any atom is 0.267 e. The Morgan fingerprint density at radius 2 is 1.81 bits per heavy atom. The van der Waals surface area contributed by atoms with Gasteiger partial charge in [0.25, 0.3) is 11.8 Å². The number of anilines is 2. The highest BCUT2D eigenvalue weighted by atomic mass is 35.5. The molecule has 3 heterocycles. The van der Waals surface area contributed by atoms with Crippen molar-refractivity contribution in [2.24, 2.45) is 0 Å². The first-order valence-corrected chi connectivity index (χ1v) is 13.6. The molecule has 8 nitrogen and oxygen atoms in total. The maximum atomic E-state index is 13.1. The second-order valence-electron chi connectivity index (χ2n) is 9.56. The number of phenols is 1. The molecule has 1 fully saturated rings. The van der Waals surface area contributed by atoms with Crippen molar-refractivity contribution in [2.45, 2.75) is 25.4 Å². The van der Waals surface area contributed by atoms with Gasteiger partial charge in [-0.3, -0.25) is 9.59 Å². The summed E-state index contributed by atoms with van der Waals surface area (Å²) in [5.41, 5.74) is 0.694. The van der Waals surface area contributed by atoms with Crippen molar-refractivity contribution in [2.75, 3.05) is 37.8 Å². The number of carbonyl (C=O) groups excluding carboxylic acids is 2. The zero-order chi connectivity index (χ0) is 26.7. The number of nitrogens with one attached hydrogen (secondary N) is 3. The monoisotopic (exact) mass is 582 g/mol. The van der Waals surface area contributed by atoms with E-state index in [-0.39, 0.29) is 32.7 Å². The minimum atomic E-state index is -0.626. The first-order chi connectivity index (χ1) is 17.5. The number of aromatic hydroxyl groups is 1. The van der Waals surface area contributed by atoms with E-state index in [1.807, 2.05) is 5.38 Å². The lowest BCUT2D eigenvalue weighted by molar-refractivity contribution is -0.895. The summed E-state index contributed by atoms with van der Waals surface area (Å²) in [5, 5.41) is 22.0. The summed E-state index contributed by atoms with van der Waals surface area (Å²) in [6, 6.07) is 6.09. The smallest absolute Gasteiger partial charge is 0.267 e. The Hall–Kier alpha value is -2.40. The molecule has 0 saturated carbocycles. The average Bonchev–Trinajstić information content (AvgIpc) is 3.21. The molecule has 0 spiro atoms. The molecular formula is C25H27Cl3N5O3S+. The van der Waals surface area contributed by atoms with Crippen LogP contribution in [0.3, 0.4) is 0 Å². The predicted octanol–water partition coefficient (Wildman–Crippen LogP) is 5.64. The second kappa shape index (κ2) is 11.6. The van der Waals surface area contributed by atoms with Crippen molar-refractivity contribution < 1.29 is 19.2 Å². The number of quaternary nitrogens is 1. The van der Waals surface area contributed by atoms with Gasteiger partial charge in [0.2, 0.25) is 0 Å². The number of phenolic OH excluding ortho intramolecular Hbond substituents is 1. The summed E-state index contributed by atoms with van der Waals surface area (Å²) in [6.07, 6.45) is 3.54. The molecule has 196 valence electrons. The molecule has 0 unspecified atom stereocenters. The molecule has 4 rings (SSSR count). The lowest BCUT2D eigenvalue weighted by atomic mass is 10.0. The maximum absolute atomic E-state index is 13.1. The SMILES string of the molecule is C[N+]1(C)CCC(NCc2csc(C(=O)Nc3c(O)cc(Cl)cc3C(=O)Nc3ccc(Cl)cn3)c2Cl)CC1. The van der Waals surface area contributed by atoms with E-state index < -0.39 is 11.8 Å². The first-order valence-electron chi connectivity index (χ1n) is 11.6. The molecule has 2 amide bonds. The van der Waals surface area contributed by atoms with Crippen molar-refractivity contribution in [3.05, 3.63) is 66.9 Å². The fourth-order valence-corrected chi connectivity index (χ4v) is 5.67. The van der Waals surface area contributed by atoms with Crippen LogP contribution < -0.4 is 16.0 Å². The molecule has 0 radical (unpaired) electrons. The fraction of sp³-hybridized carbons (Fsp3) is 0.320. The third-order valence-corrected chi connectivity index (χ3v) is 8.30.